The van der Waals surface area contributed by atoms with E-state index in [0.717, 1.165) is 4.31 Å². The van der Waals surface area contributed by atoms with E-state index < -0.39 is 15.9 Å². The number of hydrogen-bond donors (Lipinski definition) is 1. The molecule has 9 heteroatoms. The van der Waals surface area contributed by atoms with Crippen molar-refractivity contribution < 1.29 is 18.0 Å². The summed E-state index contributed by atoms with van der Waals surface area (Å²) in [6.45, 7) is 0.746. The molecule has 0 bridgehead atoms. The lowest BCUT2D eigenvalue weighted by Crippen LogP contribution is -2.44. The number of hydrogen-bond acceptors (Lipinski definition) is 4. The first-order valence-corrected chi connectivity index (χ1v) is 10.9. The van der Waals surface area contributed by atoms with Crippen molar-refractivity contribution in [3.05, 3.63) is 59.1 Å². The monoisotopic (exact) mass is 435 g/mol. The normalized spacial score (nSPS) is 17.0. The van der Waals surface area contributed by atoms with Crippen LogP contribution in [0.25, 0.3) is 0 Å². The van der Waals surface area contributed by atoms with E-state index in [2.05, 4.69) is 0 Å². The van der Waals surface area contributed by atoms with Crippen LogP contribution in [0.15, 0.2) is 53.4 Å². The number of anilines is 1. The Balaban J connectivity index is 1.86. The lowest BCUT2D eigenvalue weighted by molar-refractivity contribution is -0.123. The van der Waals surface area contributed by atoms with Crippen molar-refractivity contribution in [1.29, 1.82) is 0 Å². The highest BCUT2D eigenvalue weighted by Crippen LogP contribution is 2.26. The molecule has 2 N–H and O–H groups in total. The summed E-state index contributed by atoms with van der Waals surface area (Å²) in [6.07, 6.45) is 1.33. The SMILES string of the molecule is CN(c1cccc(Cl)c1)S(=O)(=O)c1cccc(C(=O)N2CCC[C@H](C(N)=O)C2)c1. The number of piperidine rings is 1. The number of benzene rings is 2. The number of amides is 2. The second-order valence-corrected chi connectivity index (χ2v) is 9.38. The third-order valence-corrected chi connectivity index (χ3v) is 7.04. The van der Waals surface area contributed by atoms with Gasteiger partial charge in [0.25, 0.3) is 15.9 Å². The van der Waals surface area contributed by atoms with Crippen LogP contribution in [-0.4, -0.2) is 45.3 Å². The molecule has 1 saturated heterocycles. The fourth-order valence-corrected chi connectivity index (χ4v) is 4.75. The molecule has 0 aliphatic carbocycles. The molecule has 1 aliphatic rings. The van der Waals surface area contributed by atoms with Gasteiger partial charge in [-0.1, -0.05) is 23.7 Å². The summed E-state index contributed by atoms with van der Waals surface area (Å²) in [7, 11) is -2.46. The molecule has 1 atom stereocenters. The maximum atomic E-state index is 13.0. The zero-order valence-electron chi connectivity index (χ0n) is 15.9. The second kappa shape index (κ2) is 8.42. The first-order chi connectivity index (χ1) is 13.7. The molecule has 3 rings (SSSR count). The van der Waals surface area contributed by atoms with E-state index in [-0.39, 0.29) is 28.8 Å². The van der Waals surface area contributed by atoms with Gasteiger partial charge >= 0.3 is 0 Å². The van der Waals surface area contributed by atoms with Crippen molar-refractivity contribution >= 4 is 39.1 Å². The summed E-state index contributed by atoms with van der Waals surface area (Å²) in [5.74, 6) is -1.13. The number of carbonyl (C=O) groups is 2. The number of primary amides is 1. The van der Waals surface area contributed by atoms with E-state index in [1.165, 1.54) is 25.2 Å². The van der Waals surface area contributed by atoms with E-state index in [1.54, 1.807) is 35.2 Å². The first kappa shape index (κ1) is 21.1. The van der Waals surface area contributed by atoms with Crippen molar-refractivity contribution in [2.45, 2.75) is 17.7 Å². The fraction of sp³-hybridized carbons (Fsp3) is 0.300. The molecular formula is C20H22ClN3O4S. The predicted octanol–water partition coefficient (Wildman–Crippen LogP) is 2.50. The standard InChI is InChI=1S/C20H22ClN3O4S/c1-23(17-8-3-7-16(21)12-17)29(27,28)18-9-2-5-14(11-18)20(26)24-10-4-6-15(13-24)19(22)25/h2-3,5,7-9,11-12,15H,4,6,10,13H2,1H3,(H2,22,25)/t15-/m0/s1. The molecule has 0 saturated carbocycles. The lowest BCUT2D eigenvalue weighted by Gasteiger charge is -2.31. The van der Waals surface area contributed by atoms with Crippen LogP contribution in [0.3, 0.4) is 0 Å². The number of sulfonamides is 1. The predicted molar refractivity (Wildman–Crippen MR) is 111 cm³/mol. The van der Waals surface area contributed by atoms with Crippen molar-refractivity contribution in [3.8, 4) is 0 Å². The van der Waals surface area contributed by atoms with Crippen LogP contribution in [0.5, 0.6) is 0 Å². The van der Waals surface area contributed by atoms with Gasteiger partial charge in [-0.05, 0) is 49.2 Å². The van der Waals surface area contributed by atoms with Gasteiger partial charge in [0.1, 0.15) is 0 Å². The summed E-state index contributed by atoms with van der Waals surface area (Å²) in [4.78, 5) is 25.9. The number of likely N-dealkylation sites (tertiary alicyclic amines) is 1. The van der Waals surface area contributed by atoms with Crippen LogP contribution in [-0.2, 0) is 14.8 Å². The number of halogens is 1. The number of carbonyl (C=O) groups excluding carboxylic acids is 2. The molecule has 0 radical (unpaired) electrons. The smallest absolute Gasteiger partial charge is 0.264 e. The van der Waals surface area contributed by atoms with Crippen LogP contribution >= 0.6 is 11.6 Å². The van der Waals surface area contributed by atoms with Crippen molar-refractivity contribution in [3.63, 3.8) is 0 Å². The molecule has 0 aromatic heterocycles. The van der Waals surface area contributed by atoms with E-state index in [4.69, 9.17) is 17.3 Å². The summed E-state index contributed by atoms with van der Waals surface area (Å²) >= 11 is 5.97. The quantitative estimate of drug-likeness (QED) is 0.779. The fourth-order valence-electron chi connectivity index (χ4n) is 3.33. The van der Waals surface area contributed by atoms with Gasteiger partial charge in [-0.15, -0.1) is 0 Å². The maximum absolute atomic E-state index is 13.0. The largest absolute Gasteiger partial charge is 0.369 e. The number of nitrogens with two attached hydrogens (primary N) is 1. The van der Waals surface area contributed by atoms with Gasteiger partial charge < -0.3 is 10.6 Å². The van der Waals surface area contributed by atoms with Crippen LogP contribution in [0, 0.1) is 5.92 Å². The number of nitrogens with zero attached hydrogens (tertiary/aromatic N) is 2. The molecule has 1 heterocycles. The Morgan fingerprint density at radius 1 is 1.17 bits per heavy atom. The highest BCUT2D eigenvalue weighted by Gasteiger charge is 2.29. The minimum absolute atomic E-state index is 0.00529. The Bertz CT molecular complexity index is 1040. The van der Waals surface area contributed by atoms with Crippen LogP contribution in [0.2, 0.25) is 5.02 Å². The summed E-state index contributed by atoms with van der Waals surface area (Å²) < 4.78 is 27.2. The summed E-state index contributed by atoms with van der Waals surface area (Å²) in [6, 6.07) is 12.4. The zero-order valence-corrected chi connectivity index (χ0v) is 17.5. The Morgan fingerprint density at radius 2 is 1.90 bits per heavy atom. The molecule has 2 aromatic carbocycles. The third-order valence-electron chi connectivity index (χ3n) is 5.02. The van der Waals surface area contributed by atoms with E-state index in [1.807, 2.05) is 0 Å². The molecule has 0 spiro atoms. The van der Waals surface area contributed by atoms with Gasteiger partial charge in [0.2, 0.25) is 5.91 Å². The van der Waals surface area contributed by atoms with Crippen LogP contribution < -0.4 is 10.0 Å². The molecule has 1 fully saturated rings. The Hall–Kier alpha value is -2.58. The molecule has 0 unspecified atom stereocenters. The molecular weight excluding hydrogens is 414 g/mol. The van der Waals surface area contributed by atoms with Crippen LogP contribution in [0.4, 0.5) is 5.69 Å². The van der Waals surface area contributed by atoms with Crippen molar-refractivity contribution in [1.82, 2.24) is 4.90 Å². The molecule has 154 valence electrons. The Morgan fingerprint density at radius 3 is 2.59 bits per heavy atom. The van der Waals surface area contributed by atoms with E-state index in [0.29, 0.717) is 30.1 Å². The average molecular weight is 436 g/mol. The molecule has 2 amide bonds. The van der Waals surface area contributed by atoms with Crippen molar-refractivity contribution in [2.75, 3.05) is 24.4 Å². The average Bonchev–Trinajstić information content (AvgIpc) is 2.72. The van der Waals surface area contributed by atoms with Gasteiger partial charge in [0.05, 0.1) is 16.5 Å². The summed E-state index contributed by atoms with van der Waals surface area (Å²) in [5, 5.41) is 0.419. The highest BCUT2D eigenvalue weighted by molar-refractivity contribution is 7.92. The van der Waals surface area contributed by atoms with Gasteiger partial charge in [0, 0.05) is 30.7 Å². The third kappa shape index (κ3) is 4.54. The number of rotatable bonds is 5. The zero-order chi connectivity index (χ0) is 21.2. The topological polar surface area (TPSA) is 101 Å². The van der Waals surface area contributed by atoms with Gasteiger partial charge in [-0.3, -0.25) is 13.9 Å². The van der Waals surface area contributed by atoms with E-state index in [9.17, 15) is 18.0 Å². The van der Waals surface area contributed by atoms with Crippen LogP contribution in [0.1, 0.15) is 23.2 Å². The minimum atomic E-state index is -3.89. The molecule has 2 aromatic rings. The summed E-state index contributed by atoms with van der Waals surface area (Å²) in [5.41, 5.74) is 6.04. The second-order valence-electron chi connectivity index (χ2n) is 6.97. The Labute approximate surface area is 175 Å². The molecule has 29 heavy (non-hydrogen) atoms. The van der Waals surface area contributed by atoms with Gasteiger partial charge in [-0.2, -0.15) is 0 Å². The Kier molecular flexibility index (Phi) is 6.14. The van der Waals surface area contributed by atoms with Gasteiger partial charge in [-0.25, -0.2) is 8.42 Å². The van der Waals surface area contributed by atoms with Gasteiger partial charge in [0.15, 0.2) is 0 Å². The van der Waals surface area contributed by atoms with E-state index >= 15 is 0 Å². The highest BCUT2D eigenvalue weighted by atomic mass is 35.5. The first-order valence-electron chi connectivity index (χ1n) is 9.13. The lowest BCUT2D eigenvalue weighted by atomic mass is 9.97. The minimum Gasteiger partial charge on any atom is -0.369 e. The molecule has 7 nitrogen and oxygen atoms in total. The maximum Gasteiger partial charge on any atom is 0.264 e. The van der Waals surface area contributed by atoms with Crippen molar-refractivity contribution in [2.24, 2.45) is 11.7 Å². The molecule has 1 aliphatic heterocycles.